The Morgan fingerprint density at radius 1 is 0.519 bits per heavy atom. The lowest BCUT2D eigenvalue weighted by atomic mass is 10.2. The number of ether oxygens (including phenoxy) is 6. The number of Topliss-reactive ketones (excluding diaryl/α,β-unsaturated/α-hetero) is 1. The molecule has 450 valence electrons. The summed E-state index contributed by atoms with van der Waals surface area (Å²) in [5, 5.41) is 34.1. The lowest BCUT2D eigenvalue weighted by Crippen LogP contribution is -2.31. The Balaban J connectivity index is -0.000000287. The first kappa shape index (κ1) is 80.9. The van der Waals surface area contributed by atoms with Gasteiger partial charge in [-0.15, -0.1) is 0 Å². The molecule has 3 aromatic rings. The average Bonchev–Trinajstić information content (AvgIpc) is 3.41. The second-order valence-electron chi connectivity index (χ2n) is 15.4. The summed E-state index contributed by atoms with van der Waals surface area (Å²) in [4.78, 5) is 86.7. The standard InChI is InChI=1S/C15H21NO4.C14H19NO5.C8H15NO3.C7H8O2.C5H11NO2.C4H8O.C2H6OS.CH4/c1-3-12-6-5-7-13(10-12)20-11-14(17)16-9-8-15(18)19-4-2;1-2-19-14(18)6-7-15-13(17)10-20-12-5-3-4-11(8-12)9-16;1-3-7(10)9-6-5-8(11)12-4-2;8-5-6-2-1-3-7(9)4-6;1-2-8-5(7)3-4-6;1-3-4(2)5;1-4(2)3;/h5-7,10H,3-4,8-9,11H2,1-2H3,(H,16,17);3-5,8,16H,2,6-7,9-10H2,1H3,(H,15,17);3-6H2,1-2H3,(H,9,10);1-4,8-9H,5H2;2-4,6H2,1H3;3H2,1-2H3;1-2H3;1H4. The van der Waals surface area contributed by atoms with Crippen molar-refractivity contribution in [3.63, 3.8) is 0 Å². The van der Waals surface area contributed by atoms with Gasteiger partial charge in [-0.25, -0.2) is 0 Å². The minimum Gasteiger partial charge on any atom is -0.508 e. The second-order valence-corrected chi connectivity index (χ2v) is 16.9. The van der Waals surface area contributed by atoms with E-state index in [4.69, 9.17) is 40.0 Å². The molecular formula is C56H92N4O18S. The zero-order valence-corrected chi connectivity index (χ0v) is 48.1. The number of phenols is 1. The number of nitrogens with two attached hydrogens (primary N) is 1. The van der Waals surface area contributed by atoms with Crippen molar-refractivity contribution >= 4 is 58.2 Å². The molecule has 0 aromatic heterocycles. The van der Waals surface area contributed by atoms with Crippen LogP contribution in [-0.2, 0) is 87.7 Å². The highest BCUT2D eigenvalue weighted by atomic mass is 32.2. The number of aryl methyl sites for hydroxylation is 1. The molecule has 22 nitrogen and oxygen atoms in total. The Hall–Kier alpha value is -6.95. The number of aliphatic hydroxyl groups is 2. The van der Waals surface area contributed by atoms with Crippen LogP contribution in [0, 0.1) is 0 Å². The van der Waals surface area contributed by atoms with Crippen LogP contribution in [-0.4, -0.2) is 145 Å². The molecule has 0 saturated heterocycles. The van der Waals surface area contributed by atoms with Crippen LogP contribution in [0.2, 0.25) is 0 Å². The molecule has 0 unspecified atom stereocenters. The number of benzene rings is 3. The van der Waals surface area contributed by atoms with E-state index in [9.17, 15) is 42.6 Å². The normalized spacial score (nSPS) is 9.29. The number of aromatic hydroxyl groups is 1. The van der Waals surface area contributed by atoms with Gasteiger partial charge in [0.15, 0.2) is 13.2 Å². The summed E-state index contributed by atoms with van der Waals surface area (Å²) in [5.74, 6) is -0.120. The van der Waals surface area contributed by atoms with Crippen LogP contribution in [0.3, 0.4) is 0 Å². The number of nitrogens with one attached hydrogen (secondary N) is 3. The summed E-state index contributed by atoms with van der Waals surface area (Å²) in [7, 11) is -0.611. The smallest absolute Gasteiger partial charge is 0.307 e. The summed E-state index contributed by atoms with van der Waals surface area (Å²) in [6.07, 6.45) is 6.20. The van der Waals surface area contributed by atoms with E-state index in [0.717, 1.165) is 17.5 Å². The number of aliphatic hydroxyl groups excluding tert-OH is 2. The largest absolute Gasteiger partial charge is 0.508 e. The minimum atomic E-state index is -0.611. The van der Waals surface area contributed by atoms with Gasteiger partial charge in [0.25, 0.3) is 11.8 Å². The molecule has 0 saturated carbocycles. The van der Waals surface area contributed by atoms with E-state index < -0.39 is 10.8 Å². The van der Waals surface area contributed by atoms with Crippen LogP contribution in [0.5, 0.6) is 17.2 Å². The maximum absolute atomic E-state index is 11.5. The second kappa shape index (κ2) is 57.2. The monoisotopic (exact) mass is 1140 g/mol. The molecule has 0 radical (unpaired) electrons. The molecule has 3 rings (SSSR count). The number of ketones is 1. The van der Waals surface area contributed by atoms with Gasteiger partial charge in [0, 0.05) is 62.3 Å². The number of hydrogen-bond donors (Lipinski definition) is 7. The lowest BCUT2D eigenvalue weighted by molar-refractivity contribution is -0.144. The van der Waals surface area contributed by atoms with Gasteiger partial charge >= 0.3 is 23.9 Å². The summed E-state index contributed by atoms with van der Waals surface area (Å²) in [6, 6.07) is 21.0. The number of carbonyl (C=O) groups is 8. The van der Waals surface area contributed by atoms with Gasteiger partial charge in [-0.2, -0.15) is 0 Å². The van der Waals surface area contributed by atoms with Crippen molar-refractivity contribution in [2.75, 3.05) is 78.3 Å². The SMILES string of the molecule is C.CCC(C)=O.CCOC(=O)CCN.CCOC(=O)CCNC(=O)CC.CCOC(=O)CCNC(=O)COc1cccc(CC)c1.CCOC(=O)CCNC(=O)COc1cccc(CO)c1.CS(C)=O.OCc1cccc(O)c1. The molecule has 23 heteroatoms. The van der Waals surface area contributed by atoms with Crippen LogP contribution >= 0.6 is 0 Å². The van der Waals surface area contributed by atoms with Crippen molar-refractivity contribution in [2.45, 2.75) is 121 Å². The zero-order valence-electron chi connectivity index (χ0n) is 47.3. The predicted octanol–water partition coefficient (Wildman–Crippen LogP) is 5.19. The van der Waals surface area contributed by atoms with E-state index in [1.165, 1.54) is 6.07 Å². The molecule has 79 heavy (non-hydrogen) atoms. The first-order chi connectivity index (χ1) is 37.1. The zero-order chi connectivity index (χ0) is 59.9. The fourth-order valence-corrected chi connectivity index (χ4v) is 4.73. The third kappa shape index (κ3) is 58.6. The number of phenolic OH excluding ortho intramolecular Hbond substituents is 1. The van der Waals surface area contributed by atoms with E-state index in [2.05, 4.69) is 32.3 Å². The average molecular weight is 1140 g/mol. The molecule has 0 fully saturated rings. The van der Waals surface area contributed by atoms with Crippen molar-refractivity contribution in [3.05, 3.63) is 89.5 Å². The molecular weight excluding hydrogens is 1050 g/mol. The van der Waals surface area contributed by atoms with Gasteiger partial charge in [0.1, 0.15) is 23.0 Å². The molecule has 3 amide bonds. The van der Waals surface area contributed by atoms with Gasteiger partial charge < -0.3 is 70.2 Å². The van der Waals surface area contributed by atoms with Gasteiger partial charge in [-0.05, 0) is 94.1 Å². The highest BCUT2D eigenvalue weighted by molar-refractivity contribution is 7.83. The van der Waals surface area contributed by atoms with E-state index in [1.807, 2.05) is 31.2 Å². The molecule has 3 aromatic carbocycles. The van der Waals surface area contributed by atoms with Crippen LogP contribution in [0.4, 0.5) is 0 Å². The van der Waals surface area contributed by atoms with Crippen LogP contribution in [0.25, 0.3) is 0 Å². The molecule has 8 N–H and O–H groups in total. The van der Waals surface area contributed by atoms with Crippen LogP contribution in [0.15, 0.2) is 72.8 Å². The van der Waals surface area contributed by atoms with E-state index in [-0.39, 0.29) is 119 Å². The van der Waals surface area contributed by atoms with Gasteiger partial charge in [-0.3, -0.25) is 37.8 Å². The first-order valence-corrected chi connectivity index (χ1v) is 27.4. The first-order valence-electron chi connectivity index (χ1n) is 25.5. The Labute approximate surface area is 470 Å². The maximum Gasteiger partial charge on any atom is 0.307 e. The highest BCUT2D eigenvalue weighted by Gasteiger charge is 2.08. The van der Waals surface area contributed by atoms with Gasteiger partial charge in [0.05, 0.1) is 65.3 Å². The third-order valence-corrected chi connectivity index (χ3v) is 8.56. The quantitative estimate of drug-likeness (QED) is 0.0402. The highest BCUT2D eigenvalue weighted by Crippen LogP contribution is 2.14. The summed E-state index contributed by atoms with van der Waals surface area (Å²) < 4.78 is 38.9. The summed E-state index contributed by atoms with van der Waals surface area (Å²) in [5.41, 5.74) is 7.66. The number of carbonyl (C=O) groups excluding carboxylic acids is 8. The number of hydrogen-bond acceptors (Lipinski definition) is 19. The topological polar surface area (TPSA) is 332 Å². The van der Waals surface area contributed by atoms with Crippen LogP contribution in [0.1, 0.15) is 118 Å². The molecule has 0 aliphatic heterocycles. The minimum absolute atomic E-state index is 0. The summed E-state index contributed by atoms with van der Waals surface area (Å²) >= 11 is 0. The van der Waals surface area contributed by atoms with Gasteiger partial charge in [0.2, 0.25) is 5.91 Å². The molecule has 0 aliphatic rings. The maximum atomic E-state index is 11.5. The van der Waals surface area contributed by atoms with Gasteiger partial charge in [-0.1, -0.05) is 64.6 Å². The van der Waals surface area contributed by atoms with Crippen molar-refractivity contribution in [2.24, 2.45) is 5.73 Å². The fraction of sp³-hybridized carbons (Fsp3) is 0.536. The molecule has 0 spiro atoms. The third-order valence-electron chi connectivity index (χ3n) is 8.56. The van der Waals surface area contributed by atoms with Crippen molar-refractivity contribution in [1.82, 2.24) is 16.0 Å². The Morgan fingerprint density at radius 2 is 0.848 bits per heavy atom. The van der Waals surface area contributed by atoms with Crippen molar-refractivity contribution < 1.29 is 86.3 Å². The molecule has 0 bridgehead atoms. The Bertz CT molecular complexity index is 2030. The Morgan fingerprint density at radius 3 is 1.15 bits per heavy atom. The van der Waals surface area contributed by atoms with Crippen LogP contribution < -0.4 is 31.2 Å². The molecule has 0 atom stereocenters. The molecule has 0 aliphatic carbocycles. The van der Waals surface area contributed by atoms with Crippen molar-refractivity contribution in [3.8, 4) is 17.2 Å². The van der Waals surface area contributed by atoms with E-state index in [0.29, 0.717) is 75.8 Å². The predicted molar refractivity (Wildman–Crippen MR) is 304 cm³/mol. The molecule has 0 heterocycles. The fourth-order valence-electron chi connectivity index (χ4n) is 4.73. The van der Waals surface area contributed by atoms with Crippen molar-refractivity contribution in [1.29, 1.82) is 0 Å². The Kier molecular flexibility index (Phi) is 58.6. The number of esters is 4. The van der Waals surface area contributed by atoms with E-state index >= 15 is 0 Å². The lowest BCUT2D eigenvalue weighted by Gasteiger charge is -2.08. The van der Waals surface area contributed by atoms with E-state index in [1.54, 1.807) is 96.5 Å². The number of rotatable bonds is 26. The number of amides is 3. The summed E-state index contributed by atoms with van der Waals surface area (Å²) in [6.45, 7) is 16.7.